The minimum Gasteiger partial charge on any atom is -0.140 e. The molecule has 28 heavy (non-hydrogen) atoms. The Morgan fingerprint density at radius 3 is 2.32 bits per heavy atom. The highest BCUT2D eigenvalue weighted by Crippen LogP contribution is 2.36. The van der Waals surface area contributed by atoms with E-state index >= 15 is 0 Å². The minimum atomic E-state index is 1.16. The van der Waals surface area contributed by atoms with Crippen LogP contribution in [-0.4, -0.2) is 0 Å². The first-order valence-corrected chi connectivity index (χ1v) is 12.1. The Labute approximate surface area is 180 Å². The number of benzene rings is 3. The molecule has 0 fully saturated rings. The Hall–Kier alpha value is -1.64. The van der Waals surface area contributed by atoms with E-state index in [1.807, 2.05) is 11.3 Å². The number of halogens is 1. The summed E-state index contributed by atoms with van der Waals surface area (Å²) in [5, 5.41) is 3.94. The van der Waals surface area contributed by atoms with E-state index in [0.717, 1.165) is 4.47 Å². The molecule has 0 atom stereocenters. The first-order chi connectivity index (χ1) is 13.7. The second kappa shape index (κ2) is 9.24. The molecule has 3 aromatic carbocycles. The molecule has 4 aromatic rings. The van der Waals surface area contributed by atoms with Crippen molar-refractivity contribution in [1.82, 2.24) is 0 Å². The topological polar surface area (TPSA) is 0 Å². The summed E-state index contributed by atoms with van der Waals surface area (Å²) in [4.78, 5) is 1.53. The van der Waals surface area contributed by atoms with Crippen LogP contribution in [0.1, 0.15) is 50.3 Å². The maximum Gasteiger partial charge on any atom is 0.0346 e. The molecule has 0 unspecified atom stereocenters. The number of hydrogen-bond donors (Lipinski definition) is 0. The normalized spacial score (nSPS) is 11.5. The minimum absolute atomic E-state index is 1.16. The van der Waals surface area contributed by atoms with E-state index < -0.39 is 0 Å². The highest BCUT2D eigenvalue weighted by Gasteiger charge is 2.08. The van der Waals surface area contributed by atoms with Gasteiger partial charge in [-0.15, -0.1) is 11.3 Å². The first kappa shape index (κ1) is 19.7. The van der Waals surface area contributed by atoms with Crippen LogP contribution in [0.2, 0.25) is 0 Å². The van der Waals surface area contributed by atoms with Crippen LogP contribution >= 0.6 is 27.3 Å². The van der Waals surface area contributed by atoms with Crippen LogP contribution < -0.4 is 0 Å². The molecule has 2 heteroatoms. The predicted octanol–water partition coefficient (Wildman–Crippen LogP) is 9.39. The average molecular weight is 451 g/mol. The van der Waals surface area contributed by atoms with Gasteiger partial charge in [0.05, 0.1) is 0 Å². The zero-order valence-corrected chi connectivity index (χ0v) is 18.9. The average Bonchev–Trinajstić information content (AvgIpc) is 3.12. The second-order valence-corrected chi connectivity index (χ2v) is 9.68. The van der Waals surface area contributed by atoms with Crippen LogP contribution in [0.25, 0.3) is 32.0 Å². The summed E-state index contributed by atoms with van der Waals surface area (Å²) in [6, 6.07) is 22.4. The Balaban J connectivity index is 1.53. The van der Waals surface area contributed by atoms with Gasteiger partial charge >= 0.3 is 0 Å². The lowest BCUT2D eigenvalue weighted by Gasteiger charge is -2.08. The van der Waals surface area contributed by atoms with Gasteiger partial charge in [0, 0.05) is 14.0 Å². The number of thiophene rings is 1. The molecule has 0 aliphatic heterocycles. The van der Waals surface area contributed by atoms with E-state index in [4.69, 9.17) is 0 Å². The maximum absolute atomic E-state index is 3.79. The number of hydrogen-bond acceptors (Lipinski definition) is 1. The fourth-order valence-electron chi connectivity index (χ4n) is 3.90. The third-order valence-corrected chi connectivity index (χ3v) is 7.32. The summed E-state index contributed by atoms with van der Waals surface area (Å²) in [7, 11) is 0. The molecule has 0 amide bonds. The van der Waals surface area contributed by atoms with Crippen molar-refractivity contribution in [2.45, 2.75) is 51.9 Å². The number of unbranched alkanes of at least 4 members (excludes halogenated alkanes) is 5. The SMILES string of the molecule is CCCCCCCCc1cc2cc(-c3cc4ccccc4cc3Br)ccc2s1. The van der Waals surface area contributed by atoms with Gasteiger partial charge in [-0.05, 0) is 70.5 Å². The van der Waals surface area contributed by atoms with Crippen molar-refractivity contribution in [2.75, 3.05) is 0 Å². The molecule has 1 aromatic heterocycles. The standard InChI is InChI=1S/C26H27BrS/c1-2-3-4-5-6-7-12-23-16-22-15-21(13-14-26(22)28-23)24-17-19-10-8-9-11-20(19)18-25(24)27/h8-11,13-18H,2-7,12H2,1H3. The van der Waals surface area contributed by atoms with Crippen molar-refractivity contribution in [3.63, 3.8) is 0 Å². The summed E-state index contributed by atoms with van der Waals surface area (Å²) in [5.74, 6) is 0. The molecule has 0 spiro atoms. The quantitative estimate of drug-likeness (QED) is 0.234. The van der Waals surface area contributed by atoms with Gasteiger partial charge in [0.25, 0.3) is 0 Å². The molecule has 0 N–H and O–H groups in total. The molecule has 0 aliphatic carbocycles. The van der Waals surface area contributed by atoms with Crippen molar-refractivity contribution in [1.29, 1.82) is 0 Å². The van der Waals surface area contributed by atoms with Gasteiger partial charge in [-0.1, -0.05) is 85.3 Å². The van der Waals surface area contributed by atoms with Crippen LogP contribution in [0.4, 0.5) is 0 Å². The lowest BCUT2D eigenvalue weighted by atomic mass is 10.0. The van der Waals surface area contributed by atoms with Gasteiger partial charge < -0.3 is 0 Å². The van der Waals surface area contributed by atoms with Crippen molar-refractivity contribution in [2.24, 2.45) is 0 Å². The molecular weight excluding hydrogens is 424 g/mol. The van der Waals surface area contributed by atoms with Gasteiger partial charge in [0.2, 0.25) is 0 Å². The van der Waals surface area contributed by atoms with E-state index in [0.29, 0.717) is 0 Å². The van der Waals surface area contributed by atoms with E-state index in [1.54, 1.807) is 0 Å². The number of aryl methyl sites for hydroxylation is 1. The van der Waals surface area contributed by atoms with Crippen molar-refractivity contribution in [3.05, 3.63) is 70.0 Å². The fourth-order valence-corrected chi connectivity index (χ4v) is 5.58. The highest BCUT2D eigenvalue weighted by atomic mass is 79.9. The van der Waals surface area contributed by atoms with E-state index in [1.165, 1.54) is 81.8 Å². The van der Waals surface area contributed by atoms with Crippen molar-refractivity contribution < 1.29 is 0 Å². The third kappa shape index (κ3) is 4.50. The molecule has 0 nitrogen and oxygen atoms in total. The van der Waals surface area contributed by atoms with E-state index in [9.17, 15) is 0 Å². The lowest BCUT2D eigenvalue weighted by Crippen LogP contribution is -1.82. The second-order valence-electron chi connectivity index (χ2n) is 7.66. The predicted molar refractivity (Wildman–Crippen MR) is 130 cm³/mol. The van der Waals surface area contributed by atoms with Gasteiger partial charge in [-0.25, -0.2) is 0 Å². The summed E-state index contributed by atoms with van der Waals surface area (Å²) < 4.78 is 2.56. The zero-order valence-electron chi connectivity index (χ0n) is 16.5. The Kier molecular flexibility index (Phi) is 6.49. The smallest absolute Gasteiger partial charge is 0.0346 e. The molecular formula is C26H27BrS. The third-order valence-electron chi connectivity index (χ3n) is 5.49. The van der Waals surface area contributed by atoms with Gasteiger partial charge in [0.15, 0.2) is 0 Å². The Morgan fingerprint density at radius 2 is 1.50 bits per heavy atom. The van der Waals surface area contributed by atoms with Gasteiger partial charge in [0.1, 0.15) is 0 Å². The monoisotopic (exact) mass is 450 g/mol. The first-order valence-electron chi connectivity index (χ1n) is 10.5. The summed E-state index contributed by atoms with van der Waals surface area (Å²) >= 11 is 5.75. The summed E-state index contributed by atoms with van der Waals surface area (Å²) in [5.41, 5.74) is 2.55. The van der Waals surface area contributed by atoms with Crippen molar-refractivity contribution >= 4 is 48.1 Å². The van der Waals surface area contributed by atoms with Crippen LogP contribution in [0, 0.1) is 0 Å². The molecule has 0 aliphatic rings. The van der Waals surface area contributed by atoms with Crippen LogP contribution in [0.15, 0.2) is 65.1 Å². The van der Waals surface area contributed by atoms with Crippen LogP contribution in [0.3, 0.4) is 0 Å². The molecule has 0 saturated heterocycles. The lowest BCUT2D eigenvalue weighted by molar-refractivity contribution is 0.609. The molecule has 0 bridgehead atoms. The molecule has 0 radical (unpaired) electrons. The largest absolute Gasteiger partial charge is 0.140 e. The summed E-state index contributed by atoms with van der Waals surface area (Å²) in [6.07, 6.45) is 9.40. The highest BCUT2D eigenvalue weighted by molar-refractivity contribution is 9.10. The van der Waals surface area contributed by atoms with Gasteiger partial charge in [-0.2, -0.15) is 0 Å². The molecule has 144 valence electrons. The molecule has 4 rings (SSSR count). The van der Waals surface area contributed by atoms with Crippen LogP contribution in [0.5, 0.6) is 0 Å². The maximum atomic E-state index is 3.79. The Bertz CT molecular complexity index is 1080. The van der Waals surface area contributed by atoms with Crippen molar-refractivity contribution in [3.8, 4) is 11.1 Å². The van der Waals surface area contributed by atoms with Gasteiger partial charge in [-0.3, -0.25) is 0 Å². The Morgan fingerprint density at radius 1 is 0.750 bits per heavy atom. The van der Waals surface area contributed by atoms with E-state index in [2.05, 4.69) is 83.5 Å². The number of rotatable bonds is 8. The van der Waals surface area contributed by atoms with Crippen LogP contribution in [-0.2, 0) is 6.42 Å². The summed E-state index contributed by atoms with van der Waals surface area (Å²) in [6.45, 7) is 2.28. The zero-order chi connectivity index (χ0) is 19.3. The number of fused-ring (bicyclic) bond motifs is 2. The fraction of sp³-hybridized carbons (Fsp3) is 0.308. The van der Waals surface area contributed by atoms with E-state index in [-0.39, 0.29) is 0 Å². The molecule has 1 heterocycles. The molecule has 0 saturated carbocycles.